The highest BCUT2D eigenvalue weighted by molar-refractivity contribution is 6.33. The lowest BCUT2D eigenvalue weighted by Gasteiger charge is -2.07. The number of hydrogen-bond donors (Lipinski definition) is 2. The molecule has 6 heteroatoms. The predicted molar refractivity (Wildman–Crippen MR) is 60.6 cm³/mol. The normalized spacial score (nSPS) is 9.62. The summed E-state index contributed by atoms with van der Waals surface area (Å²) in [4.78, 5) is 22.1. The van der Waals surface area contributed by atoms with Gasteiger partial charge in [0.1, 0.15) is 0 Å². The Morgan fingerprint density at radius 1 is 1.50 bits per heavy atom. The Morgan fingerprint density at radius 3 is 2.75 bits per heavy atom. The molecule has 0 fully saturated rings. The van der Waals surface area contributed by atoms with Crippen molar-refractivity contribution in [2.45, 2.75) is 6.92 Å². The van der Waals surface area contributed by atoms with E-state index in [1.807, 2.05) is 0 Å². The largest absolute Gasteiger partial charge is 0.450 e. The molecule has 16 heavy (non-hydrogen) atoms. The Balaban J connectivity index is 2.87. The summed E-state index contributed by atoms with van der Waals surface area (Å²) in [6.07, 6.45) is -0.597. The maximum Gasteiger partial charge on any atom is 0.411 e. The third-order valence-corrected chi connectivity index (χ3v) is 2.08. The van der Waals surface area contributed by atoms with E-state index in [1.165, 1.54) is 12.1 Å². The van der Waals surface area contributed by atoms with Gasteiger partial charge >= 0.3 is 6.09 Å². The van der Waals surface area contributed by atoms with Crippen molar-refractivity contribution < 1.29 is 14.3 Å². The average Bonchev–Trinajstić information content (AvgIpc) is 2.21. The molecule has 1 rings (SSSR count). The topological polar surface area (TPSA) is 81.4 Å². The maximum absolute atomic E-state index is 11.1. The fourth-order valence-corrected chi connectivity index (χ4v) is 1.29. The van der Waals surface area contributed by atoms with Crippen molar-refractivity contribution in [2.24, 2.45) is 5.73 Å². The van der Waals surface area contributed by atoms with Crippen molar-refractivity contribution in [1.82, 2.24) is 0 Å². The Kier molecular flexibility index (Phi) is 4.13. The molecule has 0 unspecified atom stereocenters. The van der Waals surface area contributed by atoms with Gasteiger partial charge in [0.25, 0.3) is 0 Å². The van der Waals surface area contributed by atoms with Crippen molar-refractivity contribution in [2.75, 3.05) is 11.9 Å². The minimum Gasteiger partial charge on any atom is -0.450 e. The lowest BCUT2D eigenvalue weighted by Crippen LogP contribution is -2.15. The number of rotatable bonds is 3. The number of nitrogens with two attached hydrogens (primary N) is 1. The lowest BCUT2D eigenvalue weighted by atomic mass is 10.2. The third-order valence-electron chi connectivity index (χ3n) is 1.75. The van der Waals surface area contributed by atoms with Crippen LogP contribution in [0.3, 0.4) is 0 Å². The van der Waals surface area contributed by atoms with Crippen LogP contribution in [0.5, 0.6) is 0 Å². The van der Waals surface area contributed by atoms with Crippen molar-refractivity contribution in [1.29, 1.82) is 0 Å². The number of halogens is 1. The number of carbonyl (C=O) groups is 2. The number of ether oxygens (including phenoxy) is 1. The van der Waals surface area contributed by atoms with E-state index in [9.17, 15) is 9.59 Å². The standard InChI is InChI=1S/C10H11ClN2O3/c1-2-16-10(15)13-6-3-4-8(11)7(5-6)9(12)14/h3-5H,2H2,1H3,(H2,12,14)(H,13,15). The molecule has 0 aliphatic carbocycles. The number of amides is 2. The molecule has 1 aromatic carbocycles. The molecular weight excluding hydrogens is 232 g/mol. The first-order valence-corrected chi connectivity index (χ1v) is 4.95. The molecule has 5 nitrogen and oxygen atoms in total. The molecular formula is C10H11ClN2O3. The van der Waals surface area contributed by atoms with Crippen LogP contribution >= 0.6 is 11.6 Å². The molecule has 1 aromatic rings. The predicted octanol–water partition coefficient (Wildman–Crippen LogP) is 2.01. The Morgan fingerprint density at radius 2 is 2.19 bits per heavy atom. The molecule has 2 amide bonds. The molecule has 0 saturated heterocycles. The van der Waals surface area contributed by atoms with E-state index >= 15 is 0 Å². The highest BCUT2D eigenvalue weighted by atomic mass is 35.5. The van der Waals surface area contributed by atoms with E-state index in [2.05, 4.69) is 10.1 Å². The van der Waals surface area contributed by atoms with E-state index in [0.29, 0.717) is 5.69 Å². The zero-order chi connectivity index (χ0) is 12.1. The second-order valence-corrected chi connectivity index (χ2v) is 3.31. The van der Waals surface area contributed by atoms with E-state index in [1.54, 1.807) is 13.0 Å². The minimum atomic E-state index is -0.655. The number of primary amides is 1. The summed E-state index contributed by atoms with van der Waals surface area (Å²) in [7, 11) is 0. The second-order valence-electron chi connectivity index (χ2n) is 2.90. The summed E-state index contributed by atoms with van der Waals surface area (Å²) in [5.74, 6) is -0.655. The summed E-state index contributed by atoms with van der Waals surface area (Å²) in [6.45, 7) is 1.96. The van der Waals surface area contributed by atoms with Crippen LogP contribution < -0.4 is 11.1 Å². The number of benzene rings is 1. The Bertz CT molecular complexity index is 421. The first-order chi connectivity index (χ1) is 7.54. The molecule has 3 N–H and O–H groups in total. The second kappa shape index (κ2) is 5.37. The van der Waals surface area contributed by atoms with E-state index < -0.39 is 12.0 Å². The molecule has 86 valence electrons. The van der Waals surface area contributed by atoms with E-state index in [0.717, 1.165) is 0 Å². The molecule has 0 aliphatic rings. The molecule has 0 saturated carbocycles. The summed E-state index contributed by atoms with van der Waals surface area (Å²) < 4.78 is 4.68. The first-order valence-electron chi connectivity index (χ1n) is 4.57. The first kappa shape index (κ1) is 12.3. The molecule has 0 bridgehead atoms. The Labute approximate surface area is 97.5 Å². The fourth-order valence-electron chi connectivity index (χ4n) is 1.08. The van der Waals surface area contributed by atoms with Crippen LogP contribution in [0.25, 0.3) is 0 Å². The van der Waals surface area contributed by atoms with Crippen LogP contribution in [0.15, 0.2) is 18.2 Å². The van der Waals surface area contributed by atoms with Crippen LogP contribution in [0, 0.1) is 0 Å². The summed E-state index contributed by atoms with van der Waals surface area (Å²) in [6, 6.07) is 4.41. The van der Waals surface area contributed by atoms with Crippen LogP contribution in [0.4, 0.5) is 10.5 Å². The lowest BCUT2D eigenvalue weighted by molar-refractivity contribution is 0.100. The quantitative estimate of drug-likeness (QED) is 0.851. The van der Waals surface area contributed by atoms with E-state index in [4.69, 9.17) is 17.3 Å². The highest BCUT2D eigenvalue weighted by Crippen LogP contribution is 2.20. The SMILES string of the molecule is CCOC(=O)Nc1ccc(Cl)c(C(N)=O)c1. The van der Waals surface area contributed by atoms with Gasteiger partial charge in [0, 0.05) is 5.69 Å². The zero-order valence-electron chi connectivity index (χ0n) is 8.62. The van der Waals surface area contributed by atoms with Crippen LogP contribution in [-0.4, -0.2) is 18.6 Å². The fraction of sp³-hybridized carbons (Fsp3) is 0.200. The van der Waals surface area contributed by atoms with Crippen molar-refractivity contribution in [3.63, 3.8) is 0 Å². The van der Waals surface area contributed by atoms with Gasteiger partial charge in [0.15, 0.2) is 0 Å². The van der Waals surface area contributed by atoms with Crippen LogP contribution in [0.1, 0.15) is 17.3 Å². The van der Waals surface area contributed by atoms with Crippen LogP contribution in [-0.2, 0) is 4.74 Å². The van der Waals surface area contributed by atoms with Gasteiger partial charge in [-0.2, -0.15) is 0 Å². The van der Waals surface area contributed by atoms with Crippen LogP contribution in [0.2, 0.25) is 5.02 Å². The molecule has 0 heterocycles. The van der Waals surface area contributed by atoms with E-state index in [-0.39, 0.29) is 17.2 Å². The smallest absolute Gasteiger partial charge is 0.411 e. The van der Waals surface area contributed by atoms with Crippen molar-refractivity contribution in [3.8, 4) is 0 Å². The number of carbonyl (C=O) groups excluding carboxylic acids is 2. The van der Waals surface area contributed by atoms with Gasteiger partial charge in [0.2, 0.25) is 5.91 Å². The van der Waals surface area contributed by atoms with Gasteiger partial charge in [-0.15, -0.1) is 0 Å². The summed E-state index contributed by atoms with van der Waals surface area (Å²) in [5.41, 5.74) is 5.65. The monoisotopic (exact) mass is 242 g/mol. The van der Waals surface area contributed by atoms with Gasteiger partial charge in [-0.1, -0.05) is 11.6 Å². The highest BCUT2D eigenvalue weighted by Gasteiger charge is 2.09. The molecule has 0 aliphatic heterocycles. The van der Waals surface area contributed by atoms with Crippen molar-refractivity contribution >= 4 is 29.3 Å². The number of anilines is 1. The van der Waals surface area contributed by atoms with Gasteiger partial charge in [-0.25, -0.2) is 4.79 Å². The van der Waals surface area contributed by atoms with Gasteiger partial charge in [-0.3, -0.25) is 10.1 Å². The molecule has 0 atom stereocenters. The van der Waals surface area contributed by atoms with Gasteiger partial charge < -0.3 is 10.5 Å². The molecule has 0 aromatic heterocycles. The maximum atomic E-state index is 11.1. The zero-order valence-corrected chi connectivity index (χ0v) is 9.38. The Hall–Kier alpha value is -1.75. The molecule has 0 radical (unpaired) electrons. The molecule has 0 spiro atoms. The minimum absolute atomic E-state index is 0.149. The summed E-state index contributed by atoms with van der Waals surface area (Å²) in [5, 5.41) is 2.68. The summed E-state index contributed by atoms with van der Waals surface area (Å²) >= 11 is 5.74. The average molecular weight is 243 g/mol. The van der Waals surface area contributed by atoms with Gasteiger partial charge in [-0.05, 0) is 25.1 Å². The third kappa shape index (κ3) is 3.13. The van der Waals surface area contributed by atoms with Gasteiger partial charge in [0.05, 0.1) is 17.2 Å². The number of hydrogen-bond acceptors (Lipinski definition) is 3. The van der Waals surface area contributed by atoms with Crippen molar-refractivity contribution in [3.05, 3.63) is 28.8 Å². The number of nitrogens with one attached hydrogen (secondary N) is 1.